The molecule has 0 aromatic carbocycles. The predicted octanol–water partition coefficient (Wildman–Crippen LogP) is 19.8. The molecule has 0 aromatic heterocycles. The summed E-state index contributed by atoms with van der Waals surface area (Å²) in [7, 11) is -4.41. The fourth-order valence-corrected chi connectivity index (χ4v) is 8.42. The number of carbonyl (C=O) groups excluding carboxylic acids is 2. The summed E-state index contributed by atoms with van der Waals surface area (Å²) in [5.74, 6) is -0.867. The van der Waals surface area contributed by atoms with Crippen LogP contribution >= 0.6 is 7.82 Å². The number of esters is 2. The van der Waals surface area contributed by atoms with E-state index in [1.165, 1.54) is 32.1 Å². The molecule has 0 heterocycles. The molecule has 10 heteroatoms. The summed E-state index contributed by atoms with van der Waals surface area (Å²) >= 11 is 0. The van der Waals surface area contributed by atoms with Crippen LogP contribution in [0.3, 0.4) is 0 Å². The van der Waals surface area contributed by atoms with Gasteiger partial charge in [-0.3, -0.25) is 18.6 Å². The third-order valence-corrected chi connectivity index (χ3v) is 13.1. The molecule has 444 valence electrons. The Morgan fingerprint density at radius 3 is 0.975 bits per heavy atom. The van der Waals surface area contributed by atoms with E-state index < -0.39 is 32.5 Å². The van der Waals surface area contributed by atoms with Crippen molar-refractivity contribution in [1.82, 2.24) is 0 Å². The average molecular weight is 1110 g/mol. The van der Waals surface area contributed by atoms with Gasteiger partial charge >= 0.3 is 19.8 Å². The third-order valence-electron chi connectivity index (χ3n) is 12.1. The molecular weight excluding hydrogens is 1000 g/mol. The highest BCUT2D eigenvalue weighted by molar-refractivity contribution is 7.47. The largest absolute Gasteiger partial charge is 0.472 e. The van der Waals surface area contributed by atoms with Crippen molar-refractivity contribution in [1.29, 1.82) is 0 Å². The van der Waals surface area contributed by atoms with E-state index in [9.17, 15) is 19.0 Å². The maximum atomic E-state index is 12.7. The van der Waals surface area contributed by atoms with E-state index in [-0.39, 0.29) is 32.6 Å². The van der Waals surface area contributed by atoms with Crippen LogP contribution in [0, 0.1) is 0 Å². The van der Waals surface area contributed by atoms with E-state index in [4.69, 9.17) is 24.3 Å². The van der Waals surface area contributed by atoms with Gasteiger partial charge in [0.2, 0.25) is 0 Å². The van der Waals surface area contributed by atoms with Gasteiger partial charge in [-0.2, -0.15) is 0 Å². The van der Waals surface area contributed by atoms with Gasteiger partial charge in [0.1, 0.15) is 6.61 Å². The highest BCUT2D eigenvalue weighted by Crippen LogP contribution is 2.43. The Morgan fingerprint density at radius 1 is 0.380 bits per heavy atom. The van der Waals surface area contributed by atoms with E-state index in [2.05, 4.69) is 184 Å². The van der Waals surface area contributed by atoms with Crippen molar-refractivity contribution in [2.75, 3.05) is 26.4 Å². The first-order valence-corrected chi connectivity index (χ1v) is 32.1. The maximum Gasteiger partial charge on any atom is 0.472 e. The normalized spacial score (nSPS) is 14.2. The second-order valence-corrected chi connectivity index (χ2v) is 20.9. The molecule has 3 N–H and O–H groups in total. The van der Waals surface area contributed by atoms with Crippen molar-refractivity contribution in [2.24, 2.45) is 5.73 Å². The van der Waals surface area contributed by atoms with Crippen LogP contribution in [-0.2, 0) is 32.7 Å². The number of rotatable bonds is 55. The summed E-state index contributed by atoms with van der Waals surface area (Å²) in [6, 6.07) is 0. The van der Waals surface area contributed by atoms with E-state index in [1.54, 1.807) is 0 Å². The first-order chi connectivity index (χ1) is 38.8. The van der Waals surface area contributed by atoms with Gasteiger partial charge in [0.05, 0.1) is 13.2 Å². The van der Waals surface area contributed by atoms with Gasteiger partial charge in [0.25, 0.3) is 0 Å². The highest BCUT2D eigenvalue weighted by atomic mass is 31.2. The van der Waals surface area contributed by atoms with Gasteiger partial charge in [-0.15, -0.1) is 0 Å². The fourth-order valence-electron chi connectivity index (χ4n) is 7.65. The Labute approximate surface area is 482 Å². The van der Waals surface area contributed by atoms with Crippen LogP contribution in [0.5, 0.6) is 0 Å². The number of ether oxygens (including phenoxy) is 2. The molecular formula is C69H110NO8P. The molecule has 0 rings (SSSR count). The SMILES string of the molecule is CC/C=C\C/C=C\C/C=C\C/C=C\C/C=C\C/C=C\C/C=C\CCCCCCCCCC(=O)OCC(COP(=O)(O)OCCN)OC(=O)CCCCCCCCC/C=C\C/C=C\C/C=C\C/C=C\C/C=C\C/C=C\C/C=C\CC. The molecule has 0 saturated carbocycles. The van der Waals surface area contributed by atoms with Crippen molar-refractivity contribution >= 4 is 19.8 Å². The maximum absolute atomic E-state index is 12.7. The summed E-state index contributed by atoms with van der Waals surface area (Å²) in [5, 5.41) is 0. The minimum Gasteiger partial charge on any atom is -0.462 e. The molecule has 0 fully saturated rings. The number of phosphoric ester groups is 1. The van der Waals surface area contributed by atoms with Crippen LogP contribution in [-0.4, -0.2) is 49.3 Å². The lowest BCUT2D eigenvalue weighted by Gasteiger charge is -2.19. The van der Waals surface area contributed by atoms with Crippen LogP contribution in [0.15, 0.2) is 170 Å². The zero-order valence-electron chi connectivity index (χ0n) is 49.5. The van der Waals surface area contributed by atoms with Crippen molar-refractivity contribution in [3.05, 3.63) is 170 Å². The highest BCUT2D eigenvalue weighted by Gasteiger charge is 2.26. The predicted molar refractivity (Wildman–Crippen MR) is 339 cm³/mol. The van der Waals surface area contributed by atoms with E-state index in [1.807, 2.05) is 0 Å². The average Bonchev–Trinajstić information content (AvgIpc) is 3.44. The summed E-state index contributed by atoms with van der Waals surface area (Å²) in [4.78, 5) is 35.3. The van der Waals surface area contributed by atoms with Crippen LogP contribution in [0.4, 0.5) is 0 Å². The minimum absolute atomic E-state index is 0.0397. The summed E-state index contributed by atoms with van der Waals surface area (Å²) in [5.41, 5.74) is 5.39. The number of phosphoric acid groups is 1. The molecule has 2 unspecified atom stereocenters. The molecule has 0 aliphatic carbocycles. The lowest BCUT2D eigenvalue weighted by Crippen LogP contribution is -2.29. The molecule has 0 bridgehead atoms. The first-order valence-electron chi connectivity index (χ1n) is 30.6. The van der Waals surface area contributed by atoms with E-state index in [0.29, 0.717) is 12.8 Å². The molecule has 79 heavy (non-hydrogen) atoms. The summed E-state index contributed by atoms with van der Waals surface area (Å²) in [6.07, 6.45) is 92.6. The summed E-state index contributed by atoms with van der Waals surface area (Å²) in [6.45, 7) is 3.47. The van der Waals surface area contributed by atoms with Crippen LogP contribution in [0.25, 0.3) is 0 Å². The van der Waals surface area contributed by atoms with Crippen molar-refractivity contribution in [2.45, 2.75) is 225 Å². The van der Waals surface area contributed by atoms with Crippen molar-refractivity contribution in [3.63, 3.8) is 0 Å². The molecule has 0 aromatic rings. The second-order valence-electron chi connectivity index (χ2n) is 19.5. The van der Waals surface area contributed by atoms with E-state index in [0.717, 1.165) is 148 Å². The monoisotopic (exact) mass is 1110 g/mol. The van der Waals surface area contributed by atoms with Gasteiger partial charge in [0.15, 0.2) is 6.10 Å². The van der Waals surface area contributed by atoms with Crippen molar-refractivity contribution < 1.29 is 37.6 Å². The number of nitrogens with two attached hydrogens (primary N) is 1. The third kappa shape index (κ3) is 62.4. The molecule has 0 aliphatic heterocycles. The van der Waals surface area contributed by atoms with Gasteiger partial charge in [-0.1, -0.05) is 248 Å². The van der Waals surface area contributed by atoms with Crippen LogP contribution < -0.4 is 5.73 Å². The van der Waals surface area contributed by atoms with Crippen LogP contribution in [0.2, 0.25) is 0 Å². The summed E-state index contributed by atoms with van der Waals surface area (Å²) < 4.78 is 33.1. The van der Waals surface area contributed by atoms with Crippen LogP contribution in [0.1, 0.15) is 219 Å². The van der Waals surface area contributed by atoms with Gasteiger partial charge < -0.3 is 20.1 Å². The standard InChI is InChI=1S/C69H110NO8P/c1-3-5-7-9-11-13-15-17-19-21-23-25-27-29-31-33-35-37-39-41-43-45-47-49-51-53-55-57-59-61-68(71)75-65-67(66-77-79(73,74)76-64-63-70)78-69(72)62-60-58-56-54-52-50-48-46-44-42-40-38-36-34-32-30-28-26-24-22-20-18-16-14-12-10-8-6-4-2/h5-8,11-14,17-20,23-26,29-32,35-38,41-44,67H,3-4,9-10,15-16,21-22,27-28,33-34,39-40,45-66,70H2,1-2H3,(H,73,74)/b7-5-,8-6-,13-11-,14-12-,19-17-,20-18-,25-23-,26-24-,31-29-,32-30-,37-35-,38-36-,43-41-,44-42-. The Balaban J connectivity index is 4.09. The molecule has 0 radical (unpaired) electrons. The fraction of sp³-hybridized carbons (Fsp3) is 0.565. The smallest absolute Gasteiger partial charge is 0.462 e. The van der Waals surface area contributed by atoms with Gasteiger partial charge in [-0.05, 0) is 128 Å². The Hall–Kier alpha value is -4.63. The number of hydrogen-bond acceptors (Lipinski definition) is 8. The molecule has 0 amide bonds. The molecule has 2 atom stereocenters. The second kappa shape index (κ2) is 62.6. The molecule has 0 spiro atoms. The topological polar surface area (TPSA) is 134 Å². The molecule has 0 saturated heterocycles. The Bertz CT molecular complexity index is 1890. The Morgan fingerprint density at radius 2 is 0.658 bits per heavy atom. The zero-order valence-corrected chi connectivity index (χ0v) is 50.4. The molecule has 0 aliphatic rings. The number of unbranched alkanes of at least 4 members (excludes halogenated alkanes) is 14. The van der Waals surface area contributed by atoms with Gasteiger partial charge in [0, 0.05) is 19.4 Å². The number of carbonyl (C=O) groups is 2. The molecule has 9 nitrogen and oxygen atoms in total. The quantitative estimate of drug-likeness (QED) is 0.0264. The number of allylic oxidation sites excluding steroid dienone is 28. The Kier molecular flexibility index (Phi) is 58.9. The number of hydrogen-bond donors (Lipinski definition) is 2. The minimum atomic E-state index is -4.41. The first kappa shape index (κ1) is 74.4. The van der Waals surface area contributed by atoms with Crippen molar-refractivity contribution in [3.8, 4) is 0 Å². The lowest BCUT2D eigenvalue weighted by atomic mass is 10.1. The van der Waals surface area contributed by atoms with E-state index >= 15 is 0 Å². The lowest BCUT2D eigenvalue weighted by molar-refractivity contribution is -0.161. The zero-order chi connectivity index (χ0) is 57.3. The van der Waals surface area contributed by atoms with Gasteiger partial charge in [-0.25, -0.2) is 4.57 Å².